The van der Waals surface area contributed by atoms with E-state index in [9.17, 15) is 0 Å². The van der Waals surface area contributed by atoms with Crippen molar-refractivity contribution in [3.63, 3.8) is 0 Å². The molecule has 0 heterocycles. The largest absolute Gasteiger partial charge is 0.383 e. The minimum atomic E-state index is -0.472. The van der Waals surface area contributed by atoms with E-state index in [2.05, 4.69) is 32.2 Å². The van der Waals surface area contributed by atoms with Crippen molar-refractivity contribution in [3.8, 4) is 0 Å². The average molecular weight is 365 g/mol. The highest BCUT2D eigenvalue weighted by Crippen LogP contribution is 2.13. The fourth-order valence-electron chi connectivity index (χ4n) is 2.66. The Bertz CT molecular complexity index is 168. The van der Waals surface area contributed by atoms with Crippen LogP contribution in [0.4, 0.5) is 0 Å². The van der Waals surface area contributed by atoms with Crippen LogP contribution in [0.1, 0.15) is 117 Å². The Morgan fingerprint density at radius 1 is 0.609 bits per heavy atom. The summed E-state index contributed by atoms with van der Waals surface area (Å²) in [6.07, 6.45) is 23.1. The maximum atomic E-state index is 7.92. The Hall–Kier alpha value is 0.660. The van der Waals surface area contributed by atoms with Crippen molar-refractivity contribution in [2.75, 3.05) is 5.75 Å². The van der Waals surface area contributed by atoms with Gasteiger partial charge in [0, 0.05) is 0 Å². The molecular formula is C20H44OS2. The summed E-state index contributed by atoms with van der Waals surface area (Å²) < 4.78 is 0. The Morgan fingerprint density at radius 2 is 0.826 bits per heavy atom. The van der Waals surface area contributed by atoms with Gasteiger partial charge in [-0.2, -0.15) is 12.6 Å². The van der Waals surface area contributed by atoms with Crippen molar-refractivity contribution in [1.29, 1.82) is 0 Å². The van der Waals surface area contributed by atoms with E-state index in [1.54, 1.807) is 6.92 Å². The van der Waals surface area contributed by atoms with Crippen molar-refractivity contribution < 1.29 is 5.11 Å². The molecule has 0 aromatic rings. The fraction of sp³-hybridized carbons (Fsp3) is 1.00. The van der Waals surface area contributed by atoms with Gasteiger partial charge in [0.25, 0.3) is 0 Å². The molecule has 1 atom stereocenters. The van der Waals surface area contributed by atoms with Gasteiger partial charge in [0.2, 0.25) is 0 Å². The lowest BCUT2D eigenvalue weighted by atomic mass is 10.0. The molecule has 0 aromatic heterocycles. The lowest BCUT2D eigenvalue weighted by Gasteiger charge is -2.03. The van der Waals surface area contributed by atoms with Crippen LogP contribution in [-0.2, 0) is 0 Å². The molecule has 0 fully saturated rings. The lowest BCUT2D eigenvalue weighted by Crippen LogP contribution is -1.83. The van der Waals surface area contributed by atoms with Gasteiger partial charge in [0.05, 0.1) is 5.44 Å². The van der Waals surface area contributed by atoms with Crippen LogP contribution in [0.3, 0.4) is 0 Å². The predicted molar refractivity (Wildman–Crippen MR) is 114 cm³/mol. The molecule has 142 valence electrons. The quantitative estimate of drug-likeness (QED) is 0.148. The second-order valence-corrected chi connectivity index (χ2v) is 7.85. The third-order valence-corrected chi connectivity index (χ3v) is 4.33. The molecule has 0 radical (unpaired) electrons. The van der Waals surface area contributed by atoms with Gasteiger partial charge in [-0.3, -0.25) is 0 Å². The number of thiol groups is 2. The summed E-state index contributed by atoms with van der Waals surface area (Å²) in [7, 11) is 0. The molecule has 0 saturated carbocycles. The Morgan fingerprint density at radius 3 is 1.04 bits per heavy atom. The number of aliphatic hydroxyl groups excluding tert-OH is 1. The molecule has 0 aliphatic heterocycles. The van der Waals surface area contributed by atoms with Gasteiger partial charge in [-0.25, -0.2) is 0 Å². The minimum Gasteiger partial charge on any atom is -0.383 e. The molecule has 1 nitrogen and oxygen atoms in total. The van der Waals surface area contributed by atoms with Crippen LogP contribution >= 0.6 is 25.3 Å². The molecule has 0 aliphatic rings. The summed E-state index contributed by atoms with van der Waals surface area (Å²) in [5.74, 6) is 1.07. The van der Waals surface area contributed by atoms with Gasteiger partial charge in [-0.05, 0) is 19.1 Å². The van der Waals surface area contributed by atoms with E-state index in [-0.39, 0.29) is 0 Å². The van der Waals surface area contributed by atoms with Gasteiger partial charge in [0.15, 0.2) is 0 Å². The number of unbranched alkanes of at least 4 members (excludes halogenated alkanes) is 15. The Balaban J connectivity index is 0. The van der Waals surface area contributed by atoms with E-state index in [1.165, 1.54) is 103 Å². The third kappa shape index (κ3) is 34.8. The second-order valence-electron chi connectivity index (χ2n) is 6.66. The lowest BCUT2D eigenvalue weighted by molar-refractivity contribution is 0.286. The van der Waals surface area contributed by atoms with Gasteiger partial charge < -0.3 is 5.11 Å². The maximum absolute atomic E-state index is 7.92. The normalized spacial score (nSPS) is 11.9. The van der Waals surface area contributed by atoms with Gasteiger partial charge >= 0.3 is 0 Å². The van der Waals surface area contributed by atoms with E-state index >= 15 is 0 Å². The van der Waals surface area contributed by atoms with Crippen LogP contribution in [0.25, 0.3) is 0 Å². The van der Waals surface area contributed by atoms with Crippen LogP contribution in [0.15, 0.2) is 0 Å². The molecule has 3 heteroatoms. The van der Waals surface area contributed by atoms with Crippen molar-refractivity contribution in [1.82, 2.24) is 0 Å². The summed E-state index contributed by atoms with van der Waals surface area (Å²) in [5.41, 5.74) is -0.472. The predicted octanol–water partition coefficient (Wildman–Crippen LogP) is 7.43. The van der Waals surface area contributed by atoms with Gasteiger partial charge in [0.1, 0.15) is 0 Å². The zero-order chi connectivity index (χ0) is 17.6. The standard InChI is InChI=1S/C18H38S.C2H6OS/c1-2-3-4-5-6-7-8-9-10-11-12-13-14-15-16-17-18-19;1-2(3)4/h19H,2-18H2,1H3;2-4H,1H3. The maximum Gasteiger partial charge on any atom is 0.0936 e. The van der Waals surface area contributed by atoms with Gasteiger partial charge in [-0.1, -0.05) is 103 Å². The number of hydrogen-bond acceptors (Lipinski definition) is 3. The summed E-state index contributed by atoms with van der Waals surface area (Å²) in [6.45, 7) is 3.88. The zero-order valence-electron chi connectivity index (χ0n) is 15.9. The molecule has 0 spiro atoms. The first kappa shape index (κ1) is 25.9. The molecule has 23 heavy (non-hydrogen) atoms. The summed E-state index contributed by atoms with van der Waals surface area (Å²) in [5, 5.41) is 7.92. The molecule has 0 amide bonds. The molecule has 1 unspecified atom stereocenters. The molecule has 0 saturated heterocycles. The highest BCUT2D eigenvalue weighted by atomic mass is 32.1. The molecular weight excluding hydrogens is 320 g/mol. The van der Waals surface area contributed by atoms with Crippen molar-refractivity contribution in [2.24, 2.45) is 0 Å². The van der Waals surface area contributed by atoms with Crippen LogP contribution in [-0.4, -0.2) is 16.3 Å². The first-order valence-electron chi connectivity index (χ1n) is 10.1. The number of aliphatic hydroxyl groups is 1. The number of rotatable bonds is 16. The van der Waals surface area contributed by atoms with Crippen molar-refractivity contribution in [2.45, 2.75) is 122 Å². The first-order chi connectivity index (χ1) is 11.1. The molecule has 1 N–H and O–H groups in total. The molecule has 0 aliphatic carbocycles. The first-order valence-corrected chi connectivity index (χ1v) is 11.3. The van der Waals surface area contributed by atoms with Gasteiger partial charge in [-0.15, -0.1) is 12.6 Å². The van der Waals surface area contributed by atoms with Crippen molar-refractivity contribution >= 4 is 25.3 Å². The third-order valence-electron chi connectivity index (χ3n) is 4.01. The zero-order valence-corrected chi connectivity index (χ0v) is 17.7. The van der Waals surface area contributed by atoms with E-state index in [1.807, 2.05) is 0 Å². The Labute approximate surface area is 158 Å². The summed E-state index contributed by atoms with van der Waals surface area (Å²) in [6, 6.07) is 0. The summed E-state index contributed by atoms with van der Waals surface area (Å²) >= 11 is 7.76. The van der Waals surface area contributed by atoms with E-state index in [0.717, 1.165) is 5.75 Å². The highest BCUT2D eigenvalue weighted by Gasteiger charge is 1.94. The fourth-order valence-corrected chi connectivity index (χ4v) is 2.88. The van der Waals surface area contributed by atoms with Crippen LogP contribution in [0.5, 0.6) is 0 Å². The minimum absolute atomic E-state index is 0.472. The smallest absolute Gasteiger partial charge is 0.0936 e. The van der Waals surface area contributed by atoms with Crippen molar-refractivity contribution in [3.05, 3.63) is 0 Å². The molecule has 0 bridgehead atoms. The monoisotopic (exact) mass is 364 g/mol. The van der Waals surface area contributed by atoms with E-state index in [4.69, 9.17) is 5.11 Å². The average Bonchev–Trinajstić information content (AvgIpc) is 2.50. The van der Waals surface area contributed by atoms with Crippen LogP contribution < -0.4 is 0 Å². The number of hydrogen-bond donors (Lipinski definition) is 3. The topological polar surface area (TPSA) is 20.2 Å². The van der Waals surface area contributed by atoms with E-state index in [0.29, 0.717) is 0 Å². The second kappa shape index (κ2) is 24.9. The van der Waals surface area contributed by atoms with Crippen LogP contribution in [0, 0.1) is 0 Å². The molecule has 0 aromatic carbocycles. The van der Waals surface area contributed by atoms with Crippen LogP contribution in [0.2, 0.25) is 0 Å². The molecule has 0 rings (SSSR count). The SMILES string of the molecule is CC(O)S.CCCCCCCCCCCCCCCCCCS. The Kier molecular flexibility index (Phi) is 28.0. The highest BCUT2D eigenvalue weighted by molar-refractivity contribution is 7.80. The summed E-state index contributed by atoms with van der Waals surface area (Å²) in [4.78, 5) is 0. The van der Waals surface area contributed by atoms with E-state index < -0.39 is 5.44 Å².